The van der Waals surface area contributed by atoms with Gasteiger partial charge in [-0.1, -0.05) is 6.92 Å². The number of carbonyl (C=O) groups excluding carboxylic acids is 2. The highest BCUT2D eigenvalue weighted by atomic mass is 32.1. The number of rotatable bonds is 9. The average molecular weight is 591 g/mol. The summed E-state index contributed by atoms with van der Waals surface area (Å²) in [6, 6.07) is -0.363. The van der Waals surface area contributed by atoms with Crippen LogP contribution in [0.4, 0.5) is 18.0 Å². The Morgan fingerprint density at radius 3 is 2.42 bits per heavy atom. The van der Waals surface area contributed by atoms with Crippen LogP contribution in [0, 0.1) is 12.8 Å². The normalized spacial score (nSPS) is 17.3. The van der Waals surface area contributed by atoms with Crippen molar-refractivity contribution < 1.29 is 37.0 Å². The van der Waals surface area contributed by atoms with E-state index >= 15 is 0 Å². The fraction of sp³-hybridized carbons (Fsp3) is 0.600. The molecular formula is C25H33F3N4O7S. The molecule has 40 heavy (non-hydrogen) atoms. The van der Waals surface area contributed by atoms with Crippen LogP contribution in [0.15, 0.2) is 21.9 Å². The fourth-order valence-electron chi connectivity index (χ4n) is 3.99. The van der Waals surface area contributed by atoms with Crippen molar-refractivity contribution in [2.45, 2.75) is 79.1 Å². The van der Waals surface area contributed by atoms with Crippen molar-refractivity contribution in [3.05, 3.63) is 43.6 Å². The van der Waals surface area contributed by atoms with E-state index in [2.05, 4.69) is 10.2 Å². The molecule has 1 aliphatic carbocycles. The lowest BCUT2D eigenvalue weighted by Gasteiger charge is -2.25. The highest BCUT2D eigenvalue weighted by molar-refractivity contribution is 7.18. The lowest BCUT2D eigenvalue weighted by molar-refractivity contribution is -0.325. The maximum absolute atomic E-state index is 13.5. The number of hydrazine groups is 1. The molecule has 2 atom stereocenters. The summed E-state index contributed by atoms with van der Waals surface area (Å²) in [5.74, 6) is -0.610. The number of amides is 2. The van der Waals surface area contributed by atoms with Crippen molar-refractivity contribution >= 4 is 33.6 Å². The number of alkyl halides is 3. The van der Waals surface area contributed by atoms with Gasteiger partial charge in [0.15, 0.2) is 0 Å². The smallest absolute Gasteiger partial charge is 0.501 e. The molecule has 2 heterocycles. The van der Waals surface area contributed by atoms with Gasteiger partial charge in [0.25, 0.3) is 11.5 Å². The van der Waals surface area contributed by atoms with Gasteiger partial charge in [-0.15, -0.1) is 24.5 Å². The number of hydrogen-bond donors (Lipinski definition) is 1. The monoisotopic (exact) mass is 590 g/mol. The van der Waals surface area contributed by atoms with E-state index in [1.807, 2.05) is 6.92 Å². The van der Waals surface area contributed by atoms with Gasteiger partial charge in [0.2, 0.25) is 0 Å². The fourth-order valence-corrected chi connectivity index (χ4v) is 5.29. The van der Waals surface area contributed by atoms with Crippen LogP contribution in [0.25, 0.3) is 10.2 Å². The second-order valence-corrected chi connectivity index (χ2v) is 11.4. The zero-order valence-electron chi connectivity index (χ0n) is 23.1. The lowest BCUT2D eigenvalue weighted by Crippen LogP contribution is -2.47. The Bertz CT molecular complexity index is 1400. The molecule has 3 rings (SSSR count). The molecule has 1 N–H and O–H groups in total. The van der Waals surface area contributed by atoms with Crippen molar-refractivity contribution in [2.75, 3.05) is 13.2 Å². The van der Waals surface area contributed by atoms with Crippen molar-refractivity contribution in [3.63, 3.8) is 0 Å². The number of aromatic nitrogens is 2. The van der Waals surface area contributed by atoms with E-state index in [-0.39, 0.29) is 28.7 Å². The SMILES string of the molecule is CCO/C=C/C(=O)N(Cc1sc2c(c1C)c(=O)n(C1CC1C)c(=O)n2CCOC(F)(F)F)NC(=O)OC(C)(C)C. The molecule has 0 aliphatic heterocycles. The Morgan fingerprint density at radius 1 is 1.23 bits per heavy atom. The highest BCUT2D eigenvalue weighted by Gasteiger charge is 2.38. The minimum absolute atomic E-state index is 0.0596. The first kappa shape index (κ1) is 31.2. The minimum atomic E-state index is -4.89. The first-order chi connectivity index (χ1) is 18.5. The van der Waals surface area contributed by atoms with Crippen molar-refractivity contribution in [1.29, 1.82) is 0 Å². The first-order valence-electron chi connectivity index (χ1n) is 12.6. The van der Waals surface area contributed by atoms with Crippen LogP contribution in [0.5, 0.6) is 0 Å². The molecule has 2 aromatic rings. The maximum Gasteiger partial charge on any atom is 0.522 e. The van der Waals surface area contributed by atoms with Crippen LogP contribution >= 0.6 is 11.3 Å². The molecule has 1 saturated carbocycles. The van der Waals surface area contributed by atoms with Gasteiger partial charge in [-0.3, -0.25) is 23.5 Å². The molecule has 0 bridgehead atoms. The molecule has 2 amide bonds. The Kier molecular flexibility index (Phi) is 9.39. The largest absolute Gasteiger partial charge is 0.522 e. The summed E-state index contributed by atoms with van der Waals surface area (Å²) < 4.78 is 54.4. The molecule has 1 fully saturated rings. The molecule has 0 radical (unpaired) electrons. The standard InChI is InChI=1S/C25H33F3N4O7S/c1-7-37-10-8-18(33)31(29-22(35)39-24(4,5)6)13-17-15(3)19-20(34)32(16-12-14(16)2)23(36)30(21(19)40-17)9-11-38-25(26,27)28/h8,10,14,16H,7,9,11-13H2,1-6H3,(H,29,35)/b10-8+. The molecule has 1 aliphatic rings. The molecule has 2 unspecified atom stereocenters. The van der Waals surface area contributed by atoms with Crippen LogP contribution in [-0.4, -0.2) is 51.3 Å². The van der Waals surface area contributed by atoms with E-state index in [0.717, 1.165) is 37.8 Å². The Balaban J connectivity index is 2.07. The predicted octanol–water partition coefficient (Wildman–Crippen LogP) is 3.97. The molecule has 0 saturated heterocycles. The van der Waals surface area contributed by atoms with Crippen LogP contribution in [0.3, 0.4) is 0 Å². The van der Waals surface area contributed by atoms with Crippen molar-refractivity contribution in [2.24, 2.45) is 5.92 Å². The second kappa shape index (κ2) is 12.0. The number of thiophene rings is 1. The number of nitrogens with one attached hydrogen (secondary N) is 1. The molecule has 0 spiro atoms. The lowest BCUT2D eigenvalue weighted by atomic mass is 10.2. The summed E-state index contributed by atoms with van der Waals surface area (Å²) in [5, 5.41) is 1.11. The van der Waals surface area contributed by atoms with Gasteiger partial charge in [0.1, 0.15) is 10.4 Å². The third kappa shape index (κ3) is 7.65. The number of aryl methyl sites for hydroxylation is 1. The molecule has 2 aromatic heterocycles. The molecule has 11 nitrogen and oxygen atoms in total. The summed E-state index contributed by atoms with van der Waals surface area (Å²) in [5.41, 5.74) is 0.664. The third-order valence-electron chi connectivity index (χ3n) is 5.99. The van der Waals surface area contributed by atoms with Crippen LogP contribution < -0.4 is 16.7 Å². The number of nitrogens with zero attached hydrogens (tertiary/aromatic N) is 3. The molecule has 15 heteroatoms. The van der Waals surface area contributed by atoms with Gasteiger partial charge in [-0.25, -0.2) is 20.0 Å². The van der Waals surface area contributed by atoms with E-state index in [4.69, 9.17) is 9.47 Å². The zero-order chi connectivity index (χ0) is 30.0. The van der Waals surface area contributed by atoms with Gasteiger partial charge in [0.05, 0.1) is 38.0 Å². The summed E-state index contributed by atoms with van der Waals surface area (Å²) in [4.78, 5) is 52.7. The number of fused-ring (bicyclic) bond motifs is 1. The molecule has 222 valence electrons. The van der Waals surface area contributed by atoms with Crippen molar-refractivity contribution in [1.82, 2.24) is 19.6 Å². The summed E-state index contributed by atoms with van der Waals surface area (Å²) in [7, 11) is 0. The van der Waals surface area contributed by atoms with Crippen molar-refractivity contribution in [3.8, 4) is 0 Å². The summed E-state index contributed by atoms with van der Waals surface area (Å²) in [6.45, 7) is 8.94. The number of halogens is 3. The van der Waals surface area contributed by atoms with E-state index in [9.17, 15) is 32.3 Å². The van der Waals surface area contributed by atoms with Gasteiger partial charge in [0, 0.05) is 17.0 Å². The van der Waals surface area contributed by atoms with Gasteiger partial charge in [-0.05, 0) is 52.5 Å². The van der Waals surface area contributed by atoms with Crippen LogP contribution in [0.2, 0.25) is 0 Å². The topological polar surface area (TPSA) is 121 Å². The number of carbonyl (C=O) groups is 2. The number of ether oxygens (including phenoxy) is 3. The van der Waals surface area contributed by atoms with E-state index in [0.29, 0.717) is 23.5 Å². The predicted molar refractivity (Wildman–Crippen MR) is 141 cm³/mol. The molecular weight excluding hydrogens is 557 g/mol. The maximum atomic E-state index is 13.5. The quantitative estimate of drug-likeness (QED) is 0.267. The van der Waals surface area contributed by atoms with E-state index < -0.39 is 48.4 Å². The Labute approximate surface area is 232 Å². The van der Waals surface area contributed by atoms with E-state index in [1.54, 1.807) is 34.6 Å². The summed E-state index contributed by atoms with van der Waals surface area (Å²) >= 11 is 0.964. The molecule has 0 aromatic carbocycles. The highest BCUT2D eigenvalue weighted by Crippen LogP contribution is 2.41. The average Bonchev–Trinajstić information content (AvgIpc) is 3.43. The Hall–Kier alpha value is -3.33. The zero-order valence-corrected chi connectivity index (χ0v) is 23.9. The minimum Gasteiger partial charge on any atom is -0.501 e. The van der Waals surface area contributed by atoms with Gasteiger partial charge in [-0.2, -0.15) is 0 Å². The van der Waals surface area contributed by atoms with Crippen LogP contribution in [0.1, 0.15) is 57.5 Å². The van der Waals surface area contributed by atoms with Gasteiger partial charge >= 0.3 is 18.1 Å². The third-order valence-corrected chi connectivity index (χ3v) is 7.29. The van der Waals surface area contributed by atoms with E-state index in [1.165, 1.54) is 0 Å². The first-order valence-corrected chi connectivity index (χ1v) is 13.4. The summed E-state index contributed by atoms with van der Waals surface area (Å²) in [6.07, 6.45) is -2.95. The number of hydrogen-bond acceptors (Lipinski definition) is 8. The van der Waals surface area contributed by atoms with Gasteiger partial charge < -0.3 is 9.47 Å². The second-order valence-electron chi connectivity index (χ2n) is 10.3. The van der Waals surface area contributed by atoms with Crippen LogP contribution in [-0.2, 0) is 32.1 Å². The Morgan fingerprint density at radius 2 is 1.88 bits per heavy atom.